The third-order valence-electron chi connectivity index (χ3n) is 6.19. The van der Waals surface area contributed by atoms with Gasteiger partial charge in [0.2, 0.25) is 0 Å². The average Bonchev–Trinajstić information content (AvgIpc) is 3.25. The fraction of sp³-hybridized carbons (Fsp3) is 0.320. The minimum absolute atomic E-state index is 0.0515. The van der Waals surface area contributed by atoms with Gasteiger partial charge in [-0.25, -0.2) is 9.59 Å². The number of ketones is 1. The molecule has 0 amide bonds. The normalized spacial score (nSPS) is 11.2. The summed E-state index contributed by atoms with van der Waals surface area (Å²) in [5, 5.41) is 19.4. The molecule has 0 bridgehead atoms. The summed E-state index contributed by atoms with van der Waals surface area (Å²) >= 11 is 0. The van der Waals surface area contributed by atoms with Gasteiger partial charge in [0.1, 0.15) is 11.4 Å². The van der Waals surface area contributed by atoms with Crippen molar-refractivity contribution in [3.8, 4) is 0 Å². The number of Topliss-reactive ketones (excluding diaryl/α,β-unsaturated/α-hetero) is 1. The molecular weight excluding hydrogens is 408 g/mol. The standard InChI is InChI=1S/C25H28N2O5/c1-6-17-12(3)20(24(29)30)26-22(17)19(16-10-8-15(9-11-16)14(5)28)23-18(7-2)13(4)21(27-23)25(31)32/h8-11,19,26-27H,6-7H2,1-5H3,(H,29,30)(H,31,32). The zero-order valence-electron chi connectivity index (χ0n) is 18.9. The Morgan fingerprint density at radius 3 is 1.53 bits per heavy atom. The summed E-state index contributed by atoms with van der Waals surface area (Å²) in [5.74, 6) is -2.58. The topological polar surface area (TPSA) is 123 Å². The van der Waals surface area contributed by atoms with Gasteiger partial charge in [0.05, 0.1) is 5.92 Å². The van der Waals surface area contributed by atoms with E-state index in [2.05, 4.69) is 9.97 Å². The predicted molar refractivity (Wildman–Crippen MR) is 121 cm³/mol. The number of aromatic nitrogens is 2. The Hall–Kier alpha value is -3.61. The van der Waals surface area contributed by atoms with Gasteiger partial charge in [0, 0.05) is 17.0 Å². The molecule has 0 saturated carbocycles. The smallest absolute Gasteiger partial charge is 0.352 e. The molecule has 32 heavy (non-hydrogen) atoms. The summed E-state index contributed by atoms with van der Waals surface area (Å²) in [6.45, 7) is 8.98. The van der Waals surface area contributed by atoms with Crippen LogP contribution in [0.1, 0.15) is 97.2 Å². The highest BCUT2D eigenvalue weighted by Gasteiger charge is 2.30. The molecule has 0 aliphatic heterocycles. The first-order chi connectivity index (χ1) is 15.1. The molecule has 0 fully saturated rings. The third-order valence-corrected chi connectivity index (χ3v) is 6.19. The average molecular weight is 437 g/mol. The molecule has 0 saturated heterocycles. The summed E-state index contributed by atoms with van der Waals surface area (Å²) in [6, 6.07) is 7.16. The Morgan fingerprint density at radius 1 is 0.812 bits per heavy atom. The van der Waals surface area contributed by atoms with Gasteiger partial charge in [0.15, 0.2) is 5.78 Å². The number of H-pyrrole nitrogens is 2. The summed E-state index contributed by atoms with van der Waals surface area (Å²) in [5.41, 5.74) is 6.18. The number of benzene rings is 1. The van der Waals surface area contributed by atoms with Gasteiger partial charge < -0.3 is 20.2 Å². The van der Waals surface area contributed by atoms with Gasteiger partial charge in [0.25, 0.3) is 0 Å². The molecule has 0 spiro atoms. The molecule has 168 valence electrons. The van der Waals surface area contributed by atoms with E-state index < -0.39 is 17.9 Å². The lowest BCUT2D eigenvalue weighted by molar-refractivity contribution is 0.0679. The number of aromatic carboxylic acids is 2. The fourth-order valence-corrected chi connectivity index (χ4v) is 4.53. The highest BCUT2D eigenvalue weighted by atomic mass is 16.4. The largest absolute Gasteiger partial charge is 0.477 e. The number of rotatable bonds is 8. The number of aromatic amines is 2. The van der Waals surface area contributed by atoms with Crippen LogP contribution in [0.5, 0.6) is 0 Å². The quantitative estimate of drug-likeness (QED) is 0.375. The van der Waals surface area contributed by atoms with Crippen molar-refractivity contribution in [1.82, 2.24) is 9.97 Å². The van der Waals surface area contributed by atoms with E-state index in [-0.39, 0.29) is 17.2 Å². The maximum absolute atomic E-state index is 11.8. The Labute approximate surface area is 186 Å². The van der Waals surface area contributed by atoms with Crippen molar-refractivity contribution >= 4 is 17.7 Å². The van der Waals surface area contributed by atoms with Crippen LogP contribution in [0.15, 0.2) is 24.3 Å². The zero-order valence-corrected chi connectivity index (χ0v) is 18.9. The number of nitrogens with one attached hydrogen (secondary N) is 2. The van der Waals surface area contributed by atoms with Crippen LogP contribution in [0.2, 0.25) is 0 Å². The molecule has 4 N–H and O–H groups in total. The van der Waals surface area contributed by atoms with Crippen molar-refractivity contribution in [2.45, 2.75) is 53.4 Å². The van der Waals surface area contributed by atoms with E-state index in [1.54, 1.807) is 26.0 Å². The number of carboxylic acid groups (broad SMARTS) is 2. The van der Waals surface area contributed by atoms with Crippen LogP contribution >= 0.6 is 0 Å². The van der Waals surface area contributed by atoms with Gasteiger partial charge in [-0.2, -0.15) is 0 Å². The van der Waals surface area contributed by atoms with E-state index in [0.717, 1.165) is 16.7 Å². The fourth-order valence-electron chi connectivity index (χ4n) is 4.53. The van der Waals surface area contributed by atoms with Gasteiger partial charge in [-0.3, -0.25) is 4.79 Å². The second-order valence-corrected chi connectivity index (χ2v) is 7.96. The third kappa shape index (κ3) is 3.86. The second-order valence-electron chi connectivity index (χ2n) is 7.96. The SMILES string of the molecule is CCc1c(C(c2ccc(C(C)=O)cc2)c2[nH]c(C(=O)O)c(C)c2CC)[nH]c(C(=O)O)c1C. The van der Waals surface area contributed by atoms with Crippen LogP contribution in [-0.4, -0.2) is 37.9 Å². The highest BCUT2D eigenvalue weighted by Crippen LogP contribution is 2.39. The Kier molecular flexibility index (Phi) is 6.39. The van der Waals surface area contributed by atoms with Crippen molar-refractivity contribution in [3.63, 3.8) is 0 Å². The molecule has 0 radical (unpaired) electrons. The van der Waals surface area contributed by atoms with Gasteiger partial charge in [-0.05, 0) is 61.4 Å². The summed E-state index contributed by atoms with van der Waals surface area (Å²) in [4.78, 5) is 41.7. The molecule has 2 aromatic heterocycles. The number of carbonyl (C=O) groups is 3. The van der Waals surface area contributed by atoms with E-state index in [0.29, 0.717) is 40.9 Å². The first-order valence-electron chi connectivity index (χ1n) is 10.6. The summed E-state index contributed by atoms with van der Waals surface area (Å²) in [7, 11) is 0. The Morgan fingerprint density at radius 2 is 1.22 bits per heavy atom. The van der Waals surface area contributed by atoms with Gasteiger partial charge in [-0.1, -0.05) is 38.1 Å². The monoisotopic (exact) mass is 436 g/mol. The van der Waals surface area contributed by atoms with Crippen LogP contribution in [-0.2, 0) is 12.8 Å². The van der Waals surface area contributed by atoms with Crippen molar-refractivity contribution < 1.29 is 24.6 Å². The van der Waals surface area contributed by atoms with Gasteiger partial charge in [-0.15, -0.1) is 0 Å². The maximum atomic E-state index is 11.8. The lowest BCUT2D eigenvalue weighted by Gasteiger charge is -2.20. The van der Waals surface area contributed by atoms with Crippen LogP contribution in [0.25, 0.3) is 0 Å². The van der Waals surface area contributed by atoms with Crippen molar-refractivity contribution in [2.75, 3.05) is 0 Å². The second kappa shape index (κ2) is 8.86. The van der Waals surface area contributed by atoms with Crippen LogP contribution in [0, 0.1) is 13.8 Å². The Balaban J connectivity index is 2.36. The predicted octanol–water partition coefficient (Wildman–Crippen LogP) is 4.86. The van der Waals surface area contributed by atoms with Crippen LogP contribution < -0.4 is 0 Å². The van der Waals surface area contributed by atoms with E-state index in [4.69, 9.17) is 0 Å². The maximum Gasteiger partial charge on any atom is 0.352 e. The van der Waals surface area contributed by atoms with E-state index in [9.17, 15) is 24.6 Å². The summed E-state index contributed by atoms with van der Waals surface area (Å²) in [6.07, 6.45) is 1.22. The molecular formula is C25H28N2O5. The first kappa shape index (κ1) is 23.1. The highest BCUT2D eigenvalue weighted by molar-refractivity contribution is 5.94. The lowest BCUT2D eigenvalue weighted by Crippen LogP contribution is -2.10. The van der Waals surface area contributed by atoms with Gasteiger partial charge >= 0.3 is 11.9 Å². The van der Waals surface area contributed by atoms with E-state index in [1.807, 2.05) is 26.0 Å². The molecule has 0 atom stereocenters. The number of carbonyl (C=O) groups excluding carboxylic acids is 1. The minimum Gasteiger partial charge on any atom is -0.477 e. The molecule has 2 heterocycles. The molecule has 7 nitrogen and oxygen atoms in total. The molecule has 1 aromatic carbocycles. The minimum atomic E-state index is -1.04. The zero-order chi connectivity index (χ0) is 23.7. The van der Waals surface area contributed by atoms with E-state index in [1.165, 1.54) is 6.92 Å². The molecule has 0 aliphatic carbocycles. The molecule has 0 aliphatic rings. The Bertz CT molecular complexity index is 1130. The molecule has 0 unspecified atom stereocenters. The van der Waals surface area contributed by atoms with Crippen molar-refractivity contribution in [2.24, 2.45) is 0 Å². The number of hydrogen-bond donors (Lipinski definition) is 4. The van der Waals surface area contributed by atoms with E-state index >= 15 is 0 Å². The van der Waals surface area contributed by atoms with Crippen LogP contribution in [0.4, 0.5) is 0 Å². The molecule has 7 heteroatoms. The number of carboxylic acids is 2. The van der Waals surface area contributed by atoms with Crippen molar-refractivity contribution in [3.05, 3.63) is 80.4 Å². The van der Waals surface area contributed by atoms with Crippen LogP contribution in [0.3, 0.4) is 0 Å². The summed E-state index contributed by atoms with van der Waals surface area (Å²) < 4.78 is 0. The molecule has 3 rings (SSSR count). The van der Waals surface area contributed by atoms with Crippen molar-refractivity contribution in [1.29, 1.82) is 0 Å². The lowest BCUT2D eigenvalue weighted by atomic mass is 9.86. The molecule has 3 aromatic rings. The number of hydrogen-bond acceptors (Lipinski definition) is 3. The first-order valence-corrected chi connectivity index (χ1v) is 10.6.